The molecular formula is C22H26Cl2N2O4S. The second kappa shape index (κ2) is 10.2. The maximum absolute atomic E-state index is 12.8. The summed E-state index contributed by atoms with van der Waals surface area (Å²) in [5, 5.41) is 3.75. The number of rotatable bonds is 7. The fourth-order valence-electron chi connectivity index (χ4n) is 3.63. The van der Waals surface area contributed by atoms with Gasteiger partial charge in [0, 0.05) is 19.0 Å². The number of halogens is 2. The van der Waals surface area contributed by atoms with Crippen molar-refractivity contribution < 1.29 is 17.9 Å². The Morgan fingerprint density at radius 2 is 1.77 bits per heavy atom. The van der Waals surface area contributed by atoms with Gasteiger partial charge < -0.3 is 10.1 Å². The standard InChI is InChI=1S/C22H26Cl2N2O4S/c1-15(17-4-6-19(30-2)7-5-17)25-22(27)18-9-11-26(12-10-18)31(28,29)14-16-3-8-20(23)21(24)13-16/h3-8,13,15,18H,9-12,14H2,1-2H3,(H,25,27)/t15-/m0/s1. The lowest BCUT2D eigenvalue weighted by molar-refractivity contribution is -0.126. The molecule has 168 valence electrons. The molecule has 1 amide bonds. The topological polar surface area (TPSA) is 75.7 Å². The van der Waals surface area contributed by atoms with Crippen molar-refractivity contribution in [3.63, 3.8) is 0 Å². The van der Waals surface area contributed by atoms with Gasteiger partial charge in [-0.15, -0.1) is 0 Å². The summed E-state index contributed by atoms with van der Waals surface area (Å²) in [5.74, 6) is 0.355. The number of carbonyl (C=O) groups is 1. The Hall–Kier alpha value is -1.80. The number of nitrogens with one attached hydrogen (secondary N) is 1. The third kappa shape index (κ3) is 6.13. The number of carbonyl (C=O) groups excluding carboxylic acids is 1. The first-order chi connectivity index (χ1) is 14.7. The smallest absolute Gasteiger partial charge is 0.223 e. The zero-order valence-electron chi connectivity index (χ0n) is 17.5. The number of benzene rings is 2. The molecule has 3 rings (SSSR count). The molecule has 1 atom stereocenters. The van der Waals surface area contributed by atoms with Crippen LogP contribution in [0.2, 0.25) is 10.0 Å². The quantitative estimate of drug-likeness (QED) is 0.630. The van der Waals surface area contributed by atoms with Crippen molar-refractivity contribution in [1.82, 2.24) is 9.62 Å². The van der Waals surface area contributed by atoms with E-state index in [0.717, 1.165) is 11.3 Å². The largest absolute Gasteiger partial charge is 0.497 e. The number of nitrogens with zero attached hydrogens (tertiary/aromatic N) is 1. The number of sulfonamides is 1. The second-order valence-electron chi connectivity index (χ2n) is 7.68. The average Bonchev–Trinajstić information content (AvgIpc) is 2.76. The van der Waals surface area contributed by atoms with E-state index in [-0.39, 0.29) is 23.6 Å². The van der Waals surface area contributed by atoms with Crippen LogP contribution in [0.1, 0.15) is 36.9 Å². The van der Waals surface area contributed by atoms with E-state index in [1.54, 1.807) is 25.3 Å². The summed E-state index contributed by atoms with van der Waals surface area (Å²) in [7, 11) is -1.89. The van der Waals surface area contributed by atoms with Gasteiger partial charge in [0.25, 0.3) is 0 Å². The molecule has 0 bridgehead atoms. The molecule has 1 N–H and O–H groups in total. The first-order valence-corrected chi connectivity index (χ1v) is 12.4. The SMILES string of the molecule is COc1ccc([C@H](C)NC(=O)C2CCN(S(=O)(=O)Cc3ccc(Cl)c(Cl)c3)CC2)cc1. The first kappa shape index (κ1) is 23.9. The summed E-state index contributed by atoms with van der Waals surface area (Å²) in [5.41, 5.74) is 1.57. The predicted octanol–water partition coefficient (Wildman–Crippen LogP) is 4.42. The minimum absolute atomic E-state index is 0.0511. The second-order valence-corrected chi connectivity index (χ2v) is 10.5. The lowest BCUT2D eigenvalue weighted by Crippen LogP contribution is -2.43. The van der Waals surface area contributed by atoms with Crippen molar-refractivity contribution in [2.24, 2.45) is 5.92 Å². The Balaban J connectivity index is 1.53. The van der Waals surface area contributed by atoms with Crippen LogP contribution in [0.25, 0.3) is 0 Å². The van der Waals surface area contributed by atoms with Crippen LogP contribution in [-0.2, 0) is 20.6 Å². The first-order valence-electron chi connectivity index (χ1n) is 10.1. The molecule has 1 saturated heterocycles. The average molecular weight is 485 g/mol. The molecule has 31 heavy (non-hydrogen) atoms. The number of piperidine rings is 1. The minimum Gasteiger partial charge on any atom is -0.497 e. The minimum atomic E-state index is -3.50. The number of hydrogen-bond acceptors (Lipinski definition) is 4. The highest BCUT2D eigenvalue weighted by Crippen LogP contribution is 2.26. The van der Waals surface area contributed by atoms with E-state index in [4.69, 9.17) is 27.9 Å². The van der Waals surface area contributed by atoms with Crippen LogP contribution in [0.4, 0.5) is 0 Å². The van der Waals surface area contributed by atoms with Crippen LogP contribution >= 0.6 is 23.2 Å². The van der Waals surface area contributed by atoms with Crippen molar-refractivity contribution >= 4 is 39.1 Å². The van der Waals surface area contributed by atoms with E-state index in [0.29, 0.717) is 41.5 Å². The lowest BCUT2D eigenvalue weighted by atomic mass is 9.96. The highest BCUT2D eigenvalue weighted by atomic mass is 35.5. The third-order valence-corrected chi connectivity index (χ3v) is 8.11. The van der Waals surface area contributed by atoms with Crippen molar-refractivity contribution in [3.05, 3.63) is 63.6 Å². The predicted molar refractivity (Wildman–Crippen MR) is 123 cm³/mol. The van der Waals surface area contributed by atoms with E-state index in [9.17, 15) is 13.2 Å². The number of ether oxygens (including phenoxy) is 1. The van der Waals surface area contributed by atoms with Gasteiger partial charge in [0.05, 0.1) is 28.9 Å². The molecule has 2 aromatic carbocycles. The normalized spacial score (nSPS) is 16.6. The monoisotopic (exact) mass is 484 g/mol. The molecule has 0 radical (unpaired) electrons. The van der Waals surface area contributed by atoms with Crippen molar-refractivity contribution in [2.45, 2.75) is 31.6 Å². The Kier molecular flexibility index (Phi) is 7.86. The Bertz CT molecular complexity index is 1020. The number of amides is 1. The molecule has 9 heteroatoms. The van der Waals surface area contributed by atoms with E-state index < -0.39 is 10.0 Å². The van der Waals surface area contributed by atoms with E-state index in [2.05, 4.69) is 5.32 Å². The summed E-state index contributed by atoms with van der Waals surface area (Å²) in [6, 6.07) is 12.2. The van der Waals surface area contributed by atoms with E-state index in [1.165, 1.54) is 4.31 Å². The van der Waals surface area contributed by atoms with Gasteiger partial charge in [-0.1, -0.05) is 41.4 Å². The molecule has 0 saturated carbocycles. The summed E-state index contributed by atoms with van der Waals surface area (Å²) in [6.45, 7) is 2.56. The van der Waals surface area contributed by atoms with Gasteiger partial charge >= 0.3 is 0 Å². The Morgan fingerprint density at radius 1 is 1.13 bits per heavy atom. The fraction of sp³-hybridized carbons (Fsp3) is 0.409. The molecule has 1 aliphatic rings. The molecule has 0 aliphatic carbocycles. The lowest BCUT2D eigenvalue weighted by Gasteiger charge is -2.31. The van der Waals surface area contributed by atoms with Crippen molar-refractivity contribution in [2.75, 3.05) is 20.2 Å². The highest BCUT2D eigenvalue weighted by molar-refractivity contribution is 7.88. The number of methoxy groups -OCH3 is 1. The zero-order valence-corrected chi connectivity index (χ0v) is 19.8. The van der Waals surface area contributed by atoms with Crippen LogP contribution < -0.4 is 10.1 Å². The van der Waals surface area contributed by atoms with Crippen molar-refractivity contribution in [1.29, 1.82) is 0 Å². The van der Waals surface area contributed by atoms with E-state index in [1.807, 2.05) is 31.2 Å². The molecule has 2 aromatic rings. The molecule has 0 unspecified atom stereocenters. The van der Waals surface area contributed by atoms with Gasteiger partial charge in [0.15, 0.2) is 0 Å². The maximum atomic E-state index is 12.8. The summed E-state index contributed by atoms with van der Waals surface area (Å²) in [4.78, 5) is 12.7. The molecule has 1 heterocycles. The van der Waals surface area contributed by atoms with Crippen LogP contribution in [0.5, 0.6) is 5.75 Å². The van der Waals surface area contributed by atoms with Crippen LogP contribution in [0, 0.1) is 5.92 Å². The van der Waals surface area contributed by atoms with Gasteiger partial charge in [0.1, 0.15) is 5.75 Å². The zero-order chi connectivity index (χ0) is 22.6. The molecule has 0 spiro atoms. The van der Waals surface area contributed by atoms with Crippen LogP contribution in [-0.4, -0.2) is 38.8 Å². The summed E-state index contributed by atoms with van der Waals surface area (Å²) in [6.07, 6.45) is 0.976. The fourth-order valence-corrected chi connectivity index (χ4v) is 5.51. The Labute approximate surface area is 193 Å². The van der Waals surface area contributed by atoms with E-state index >= 15 is 0 Å². The summed E-state index contributed by atoms with van der Waals surface area (Å²) >= 11 is 11.9. The van der Waals surface area contributed by atoms with Gasteiger partial charge in [0.2, 0.25) is 15.9 Å². The number of hydrogen-bond donors (Lipinski definition) is 1. The van der Waals surface area contributed by atoms with Crippen molar-refractivity contribution in [3.8, 4) is 5.75 Å². The third-order valence-electron chi connectivity index (χ3n) is 5.53. The molecule has 1 aliphatic heterocycles. The molecule has 1 fully saturated rings. The summed E-state index contributed by atoms with van der Waals surface area (Å²) < 4.78 is 32.2. The van der Waals surface area contributed by atoms with Gasteiger partial charge in [-0.25, -0.2) is 12.7 Å². The maximum Gasteiger partial charge on any atom is 0.223 e. The highest BCUT2D eigenvalue weighted by Gasteiger charge is 2.31. The van der Waals surface area contributed by atoms with Crippen LogP contribution in [0.3, 0.4) is 0 Å². The Morgan fingerprint density at radius 3 is 2.35 bits per heavy atom. The molecular weight excluding hydrogens is 459 g/mol. The van der Waals surface area contributed by atoms with Gasteiger partial charge in [-0.05, 0) is 55.2 Å². The molecule has 6 nitrogen and oxygen atoms in total. The molecule has 0 aromatic heterocycles. The van der Waals surface area contributed by atoms with Gasteiger partial charge in [-0.2, -0.15) is 0 Å². The van der Waals surface area contributed by atoms with Gasteiger partial charge in [-0.3, -0.25) is 4.79 Å². The van der Waals surface area contributed by atoms with Crippen LogP contribution in [0.15, 0.2) is 42.5 Å².